The fourth-order valence-corrected chi connectivity index (χ4v) is 2.87. The van der Waals surface area contributed by atoms with E-state index in [4.69, 9.17) is 27.0 Å². The van der Waals surface area contributed by atoms with Crippen molar-refractivity contribution in [2.24, 2.45) is 5.92 Å². The minimum Gasteiger partial charge on any atom is -0.489 e. The van der Waals surface area contributed by atoms with Gasteiger partial charge in [0.2, 0.25) is 9.05 Å². The van der Waals surface area contributed by atoms with Crippen LogP contribution < -0.4 is 4.74 Å². The largest absolute Gasteiger partial charge is 0.489 e. The molecule has 17 heavy (non-hydrogen) atoms. The van der Waals surface area contributed by atoms with Crippen molar-refractivity contribution >= 4 is 31.3 Å². The van der Waals surface area contributed by atoms with E-state index in [0.717, 1.165) is 0 Å². The van der Waals surface area contributed by atoms with Crippen LogP contribution in [0.1, 0.15) is 6.92 Å². The second kappa shape index (κ2) is 5.89. The van der Waals surface area contributed by atoms with Gasteiger partial charge in [0, 0.05) is 16.6 Å². The van der Waals surface area contributed by atoms with Crippen LogP contribution >= 0.6 is 22.3 Å². The quantitative estimate of drug-likeness (QED) is 0.785. The Bertz CT molecular complexity index is 470. The summed E-state index contributed by atoms with van der Waals surface area (Å²) in [4.78, 5) is 0. The first kappa shape index (κ1) is 14.5. The van der Waals surface area contributed by atoms with Crippen molar-refractivity contribution in [3.63, 3.8) is 0 Å². The van der Waals surface area contributed by atoms with Crippen LogP contribution in [-0.4, -0.2) is 20.8 Å². The molecule has 0 spiro atoms. The van der Waals surface area contributed by atoms with Crippen molar-refractivity contribution in [1.29, 1.82) is 0 Å². The maximum absolute atomic E-state index is 13.3. The number of para-hydroxylation sites is 1. The number of halogens is 3. The van der Waals surface area contributed by atoms with Crippen molar-refractivity contribution < 1.29 is 17.5 Å². The predicted octanol–water partition coefficient (Wildman–Crippen LogP) is 3.06. The number of ether oxygens (including phenoxy) is 1. The summed E-state index contributed by atoms with van der Waals surface area (Å²) in [5.74, 6) is -1.25. The fourth-order valence-electron chi connectivity index (χ4n) is 1.23. The molecule has 1 aromatic carbocycles. The van der Waals surface area contributed by atoms with E-state index in [-0.39, 0.29) is 29.0 Å². The van der Waals surface area contributed by atoms with Crippen LogP contribution in [0, 0.1) is 11.7 Å². The molecule has 0 aliphatic heterocycles. The Morgan fingerprint density at radius 2 is 2.12 bits per heavy atom. The lowest BCUT2D eigenvalue weighted by Gasteiger charge is -2.12. The summed E-state index contributed by atoms with van der Waals surface area (Å²) in [5, 5.41) is 0.144. The van der Waals surface area contributed by atoms with E-state index < -0.39 is 14.9 Å². The highest BCUT2D eigenvalue weighted by Crippen LogP contribution is 2.27. The Morgan fingerprint density at radius 1 is 1.47 bits per heavy atom. The first-order valence-corrected chi connectivity index (χ1v) is 7.64. The molecule has 96 valence electrons. The normalized spacial score (nSPS) is 13.4. The zero-order valence-corrected chi connectivity index (χ0v) is 11.3. The van der Waals surface area contributed by atoms with E-state index >= 15 is 0 Å². The van der Waals surface area contributed by atoms with E-state index in [0.29, 0.717) is 0 Å². The Balaban J connectivity index is 2.62. The average molecular weight is 301 g/mol. The summed E-state index contributed by atoms with van der Waals surface area (Å²) in [6.45, 7) is 1.65. The molecular formula is C10H11Cl2FO3S. The minimum absolute atomic E-state index is 0.0204. The van der Waals surface area contributed by atoms with Gasteiger partial charge in [-0.3, -0.25) is 0 Å². The van der Waals surface area contributed by atoms with E-state index in [2.05, 4.69) is 0 Å². The van der Waals surface area contributed by atoms with Crippen molar-refractivity contribution in [3.8, 4) is 5.75 Å². The van der Waals surface area contributed by atoms with Gasteiger partial charge in [0.1, 0.15) is 0 Å². The topological polar surface area (TPSA) is 43.4 Å². The molecule has 7 heteroatoms. The summed E-state index contributed by atoms with van der Waals surface area (Å²) in [7, 11) is 1.51. The lowest BCUT2D eigenvalue weighted by Crippen LogP contribution is -2.17. The van der Waals surface area contributed by atoms with Crippen molar-refractivity contribution in [2.45, 2.75) is 6.92 Å². The van der Waals surface area contributed by atoms with Crippen LogP contribution in [0.25, 0.3) is 0 Å². The van der Waals surface area contributed by atoms with Crippen LogP contribution in [-0.2, 0) is 9.05 Å². The average Bonchev–Trinajstić information content (AvgIpc) is 2.14. The third-order valence-electron chi connectivity index (χ3n) is 1.91. The minimum atomic E-state index is -3.58. The maximum atomic E-state index is 13.3. The zero-order valence-electron chi connectivity index (χ0n) is 8.99. The molecule has 0 saturated carbocycles. The van der Waals surface area contributed by atoms with Gasteiger partial charge in [-0.25, -0.2) is 12.8 Å². The first-order valence-electron chi connectivity index (χ1n) is 4.78. The van der Waals surface area contributed by atoms with Crippen molar-refractivity contribution in [2.75, 3.05) is 12.4 Å². The molecule has 0 aromatic heterocycles. The molecule has 0 aliphatic carbocycles. The predicted molar refractivity (Wildman–Crippen MR) is 65.7 cm³/mol. The van der Waals surface area contributed by atoms with Crippen LogP contribution in [0.3, 0.4) is 0 Å². The second-order valence-electron chi connectivity index (χ2n) is 3.67. The van der Waals surface area contributed by atoms with Gasteiger partial charge in [0.05, 0.1) is 17.4 Å². The summed E-state index contributed by atoms with van der Waals surface area (Å²) in [6, 6.07) is 4.16. The Kier molecular flexibility index (Phi) is 5.04. The zero-order chi connectivity index (χ0) is 13.1. The molecule has 1 aromatic rings. The Hall–Kier alpha value is -0.520. The highest BCUT2D eigenvalue weighted by atomic mass is 35.7. The van der Waals surface area contributed by atoms with Crippen molar-refractivity contribution in [3.05, 3.63) is 29.0 Å². The summed E-state index contributed by atoms with van der Waals surface area (Å²) >= 11 is 5.74. The lowest BCUT2D eigenvalue weighted by molar-refractivity contribution is 0.260. The highest BCUT2D eigenvalue weighted by molar-refractivity contribution is 8.13. The number of hydrogen-bond donors (Lipinski definition) is 0. The Morgan fingerprint density at radius 3 is 2.65 bits per heavy atom. The molecule has 3 nitrogen and oxygen atoms in total. The van der Waals surface area contributed by atoms with E-state index in [9.17, 15) is 12.8 Å². The van der Waals surface area contributed by atoms with Crippen LogP contribution in [0.2, 0.25) is 5.02 Å². The highest BCUT2D eigenvalue weighted by Gasteiger charge is 2.15. The third-order valence-corrected chi connectivity index (χ3v) is 3.56. The SMILES string of the molecule is CC(COc1c(F)cccc1Cl)CS(=O)(=O)Cl. The monoisotopic (exact) mass is 300 g/mol. The molecular weight excluding hydrogens is 290 g/mol. The Labute approximate surface area is 109 Å². The first-order chi connectivity index (χ1) is 7.79. The van der Waals surface area contributed by atoms with Crippen molar-refractivity contribution in [1.82, 2.24) is 0 Å². The molecule has 0 saturated heterocycles. The third kappa shape index (κ3) is 5.10. The summed E-state index contributed by atoms with van der Waals surface area (Å²) in [5.41, 5.74) is 0. The summed E-state index contributed by atoms with van der Waals surface area (Å²) in [6.07, 6.45) is 0. The molecule has 0 fully saturated rings. The van der Waals surface area contributed by atoms with Gasteiger partial charge >= 0.3 is 0 Å². The fraction of sp³-hybridized carbons (Fsp3) is 0.400. The van der Waals surface area contributed by atoms with E-state index in [1.54, 1.807) is 6.92 Å². The van der Waals surface area contributed by atoms with Gasteiger partial charge in [-0.15, -0.1) is 0 Å². The molecule has 0 bridgehead atoms. The molecule has 1 atom stereocenters. The molecule has 0 heterocycles. The van der Waals surface area contributed by atoms with Gasteiger partial charge < -0.3 is 4.74 Å². The number of benzene rings is 1. The molecule has 0 N–H and O–H groups in total. The molecule has 1 rings (SSSR count). The molecule has 1 unspecified atom stereocenters. The van der Waals surface area contributed by atoms with Gasteiger partial charge in [0.15, 0.2) is 11.6 Å². The smallest absolute Gasteiger partial charge is 0.232 e. The molecule has 0 radical (unpaired) electrons. The van der Waals surface area contributed by atoms with Gasteiger partial charge in [-0.2, -0.15) is 0 Å². The molecule has 0 amide bonds. The molecule has 0 aliphatic rings. The number of rotatable bonds is 5. The van der Waals surface area contributed by atoms with Gasteiger partial charge in [0.25, 0.3) is 0 Å². The van der Waals surface area contributed by atoms with Crippen LogP contribution in [0.5, 0.6) is 5.75 Å². The summed E-state index contributed by atoms with van der Waals surface area (Å²) < 4.78 is 40.0. The van der Waals surface area contributed by atoms with Crippen LogP contribution in [0.15, 0.2) is 18.2 Å². The van der Waals surface area contributed by atoms with Gasteiger partial charge in [-0.05, 0) is 12.1 Å². The van der Waals surface area contributed by atoms with Gasteiger partial charge in [-0.1, -0.05) is 24.6 Å². The van der Waals surface area contributed by atoms with Crippen LogP contribution in [0.4, 0.5) is 4.39 Å². The standard InChI is InChI=1S/C10H11Cl2FO3S/c1-7(6-17(12,14)15)5-16-10-8(11)3-2-4-9(10)13/h2-4,7H,5-6H2,1H3. The maximum Gasteiger partial charge on any atom is 0.232 e. The second-order valence-corrected chi connectivity index (χ2v) is 6.90. The number of hydrogen-bond acceptors (Lipinski definition) is 3. The van der Waals surface area contributed by atoms with E-state index in [1.807, 2.05) is 0 Å². The lowest BCUT2D eigenvalue weighted by atomic mass is 10.2. The van der Waals surface area contributed by atoms with E-state index in [1.165, 1.54) is 18.2 Å².